The van der Waals surface area contributed by atoms with Crippen molar-refractivity contribution >= 4 is 17.5 Å². The summed E-state index contributed by atoms with van der Waals surface area (Å²) in [5.41, 5.74) is 1.43. The molecule has 6 nitrogen and oxygen atoms in total. The number of halogens is 2. The van der Waals surface area contributed by atoms with Gasteiger partial charge in [0.2, 0.25) is 5.95 Å². The highest BCUT2D eigenvalue weighted by atomic mass is 19.2. The second kappa shape index (κ2) is 9.18. The normalized spacial score (nSPS) is 10.9. The summed E-state index contributed by atoms with van der Waals surface area (Å²) in [4.78, 5) is 15.1. The van der Waals surface area contributed by atoms with Gasteiger partial charge < -0.3 is 15.5 Å². The molecule has 0 radical (unpaired) electrons. The van der Waals surface area contributed by atoms with E-state index in [0.29, 0.717) is 24.0 Å². The van der Waals surface area contributed by atoms with E-state index in [9.17, 15) is 8.78 Å². The number of pyridine rings is 1. The first-order valence-electron chi connectivity index (χ1n) is 8.92. The fraction of sp³-hybridized carbons (Fsp3) is 0.250. The van der Waals surface area contributed by atoms with E-state index >= 15 is 0 Å². The molecular formula is C20H22F2N6. The van der Waals surface area contributed by atoms with Gasteiger partial charge in [0, 0.05) is 30.6 Å². The van der Waals surface area contributed by atoms with Gasteiger partial charge in [-0.05, 0) is 51.3 Å². The van der Waals surface area contributed by atoms with Crippen molar-refractivity contribution in [1.82, 2.24) is 19.9 Å². The fourth-order valence-corrected chi connectivity index (χ4v) is 2.59. The van der Waals surface area contributed by atoms with Crippen LogP contribution in [-0.4, -0.2) is 47.0 Å². The van der Waals surface area contributed by atoms with E-state index in [1.807, 2.05) is 20.2 Å². The lowest BCUT2D eigenvalue weighted by molar-refractivity contribution is 0.405. The molecule has 0 bridgehead atoms. The Morgan fingerprint density at radius 1 is 1.07 bits per heavy atom. The van der Waals surface area contributed by atoms with Crippen molar-refractivity contribution in [3.8, 4) is 11.3 Å². The second-order valence-electron chi connectivity index (χ2n) is 6.51. The Morgan fingerprint density at radius 2 is 1.93 bits per heavy atom. The average molecular weight is 384 g/mol. The number of anilines is 3. The lowest BCUT2D eigenvalue weighted by Crippen LogP contribution is -2.17. The Balaban J connectivity index is 1.87. The molecule has 0 spiro atoms. The maximum atomic E-state index is 14.0. The van der Waals surface area contributed by atoms with Gasteiger partial charge in [-0.1, -0.05) is 6.07 Å². The molecule has 3 aromatic rings. The van der Waals surface area contributed by atoms with Gasteiger partial charge in [-0.25, -0.2) is 13.8 Å². The molecule has 2 N–H and O–H groups in total. The summed E-state index contributed by atoms with van der Waals surface area (Å²) < 4.78 is 27.5. The first kappa shape index (κ1) is 19.6. The van der Waals surface area contributed by atoms with Gasteiger partial charge in [0.15, 0.2) is 11.6 Å². The van der Waals surface area contributed by atoms with E-state index in [4.69, 9.17) is 0 Å². The van der Waals surface area contributed by atoms with Crippen LogP contribution in [0, 0.1) is 11.6 Å². The van der Waals surface area contributed by atoms with E-state index in [-0.39, 0.29) is 5.69 Å². The summed E-state index contributed by atoms with van der Waals surface area (Å²) in [6.07, 6.45) is 4.27. The SMILES string of the molecule is CN(C)CCCNc1nc(Nc2cccc(F)c2F)cc(-c2cccnc2)n1. The molecule has 0 fully saturated rings. The highest BCUT2D eigenvalue weighted by Gasteiger charge is 2.11. The van der Waals surface area contributed by atoms with Crippen molar-refractivity contribution in [2.24, 2.45) is 0 Å². The van der Waals surface area contributed by atoms with Crippen molar-refractivity contribution < 1.29 is 8.78 Å². The summed E-state index contributed by atoms with van der Waals surface area (Å²) in [5, 5.41) is 6.02. The van der Waals surface area contributed by atoms with Gasteiger partial charge >= 0.3 is 0 Å². The van der Waals surface area contributed by atoms with Crippen LogP contribution in [0.5, 0.6) is 0 Å². The van der Waals surface area contributed by atoms with Crippen LogP contribution in [0.2, 0.25) is 0 Å². The minimum Gasteiger partial charge on any atom is -0.354 e. The maximum Gasteiger partial charge on any atom is 0.225 e. The lowest BCUT2D eigenvalue weighted by Gasteiger charge is -2.13. The Hall–Kier alpha value is -3.13. The number of aromatic nitrogens is 3. The third kappa shape index (κ3) is 5.20. The lowest BCUT2D eigenvalue weighted by atomic mass is 10.2. The molecule has 0 aliphatic heterocycles. The van der Waals surface area contributed by atoms with Crippen molar-refractivity contribution in [2.75, 3.05) is 37.8 Å². The number of benzene rings is 1. The van der Waals surface area contributed by atoms with Gasteiger partial charge in [-0.15, -0.1) is 0 Å². The zero-order valence-corrected chi connectivity index (χ0v) is 15.8. The number of nitrogens with one attached hydrogen (secondary N) is 2. The van der Waals surface area contributed by atoms with Crippen LogP contribution < -0.4 is 10.6 Å². The van der Waals surface area contributed by atoms with Crippen LogP contribution >= 0.6 is 0 Å². The molecule has 0 saturated carbocycles. The summed E-state index contributed by atoms with van der Waals surface area (Å²) in [5.74, 6) is -1.12. The predicted octanol–water partition coefficient (Wildman–Crippen LogP) is 3.92. The predicted molar refractivity (Wildman–Crippen MR) is 107 cm³/mol. The van der Waals surface area contributed by atoms with E-state index in [0.717, 1.165) is 24.6 Å². The molecule has 8 heteroatoms. The fourth-order valence-electron chi connectivity index (χ4n) is 2.59. The van der Waals surface area contributed by atoms with E-state index in [2.05, 4.69) is 30.5 Å². The zero-order valence-electron chi connectivity index (χ0n) is 15.8. The van der Waals surface area contributed by atoms with Gasteiger partial charge in [0.1, 0.15) is 5.82 Å². The van der Waals surface area contributed by atoms with Crippen LogP contribution in [0.15, 0.2) is 48.8 Å². The molecule has 2 heterocycles. The van der Waals surface area contributed by atoms with Crippen molar-refractivity contribution in [1.29, 1.82) is 0 Å². The molecule has 0 atom stereocenters. The van der Waals surface area contributed by atoms with Crippen molar-refractivity contribution in [2.45, 2.75) is 6.42 Å². The van der Waals surface area contributed by atoms with E-state index < -0.39 is 11.6 Å². The molecule has 0 aliphatic carbocycles. The standard InChI is InChI=1S/C20H22F2N6/c1-28(2)11-5-10-24-20-26-17(14-6-4-9-23-13-14)12-18(27-20)25-16-8-3-7-15(21)19(16)22/h3-4,6-9,12-13H,5,10-11H2,1-2H3,(H2,24,25,26,27). The van der Waals surface area contributed by atoms with Crippen LogP contribution in [0.4, 0.5) is 26.2 Å². The molecule has 146 valence electrons. The molecule has 0 amide bonds. The summed E-state index contributed by atoms with van der Waals surface area (Å²) >= 11 is 0. The first-order chi connectivity index (χ1) is 13.5. The largest absolute Gasteiger partial charge is 0.354 e. The first-order valence-corrected chi connectivity index (χ1v) is 8.92. The third-order valence-electron chi connectivity index (χ3n) is 3.96. The number of rotatable bonds is 8. The molecule has 28 heavy (non-hydrogen) atoms. The Labute approximate surface area is 162 Å². The minimum absolute atomic E-state index is 0.00870. The number of hydrogen-bond acceptors (Lipinski definition) is 6. The van der Waals surface area contributed by atoms with Crippen LogP contribution in [0.1, 0.15) is 6.42 Å². The van der Waals surface area contributed by atoms with Gasteiger partial charge in [0.25, 0.3) is 0 Å². The number of hydrogen-bond donors (Lipinski definition) is 2. The monoisotopic (exact) mass is 384 g/mol. The quantitative estimate of drug-likeness (QED) is 0.574. The Bertz CT molecular complexity index is 918. The minimum atomic E-state index is -0.954. The number of nitrogens with zero attached hydrogens (tertiary/aromatic N) is 4. The van der Waals surface area contributed by atoms with Crippen LogP contribution in [0.25, 0.3) is 11.3 Å². The van der Waals surface area contributed by atoms with Gasteiger partial charge in [-0.2, -0.15) is 4.98 Å². The molecule has 3 rings (SSSR count). The van der Waals surface area contributed by atoms with Crippen molar-refractivity contribution in [3.63, 3.8) is 0 Å². The van der Waals surface area contributed by atoms with E-state index in [1.54, 1.807) is 24.5 Å². The van der Waals surface area contributed by atoms with Gasteiger partial charge in [0.05, 0.1) is 11.4 Å². The summed E-state index contributed by atoms with van der Waals surface area (Å²) in [6, 6.07) is 9.31. The molecule has 0 saturated heterocycles. The highest BCUT2D eigenvalue weighted by Crippen LogP contribution is 2.25. The average Bonchev–Trinajstić information content (AvgIpc) is 2.69. The Morgan fingerprint density at radius 3 is 2.68 bits per heavy atom. The molecule has 1 aromatic carbocycles. The molecule has 0 aliphatic rings. The Kier molecular flexibility index (Phi) is 6.44. The summed E-state index contributed by atoms with van der Waals surface area (Å²) in [7, 11) is 4.02. The van der Waals surface area contributed by atoms with E-state index in [1.165, 1.54) is 12.1 Å². The van der Waals surface area contributed by atoms with Crippen molar-refractivity contribution in [3.05, 3.63) is 60.4 Å². The summed E-state index contributed by atoms with van der Waals surface area (Å²) in [6.45, 7) is 1.61. The molecule has 0 unspecified atom stereocenters. The zero-order chi connectivity index (χ0) is 19.9. The van der Waals surface area contributed by atoms with Gasteiger partial charge in [-0.3, -0.25) is 4.98 Å². The maximum absolute atomic E-state index is 14.0. The third-order valence-corrected chi connectivity index (χ3v) is 3.96. The highest BCUT2D eigenvalue weighted by molar-refractivity contribution is 5.67. The van der Waals surface area contributed by atoms with Crippen LogP contribution in [-0.2, 0) is 0 Å². The second-order valence-corrected chi connectivity index (χ2v) is 6.51. The molecule has 2 aromatic heterocycles. The van der Waals surface area contributed by atoms with Crippen LogP contribution in [0.3, 0.4) is 0 Å². The smallest absolute Gasteiger partial charge is 0.225 e. The topological polar surface area (TPSA) is 66.0 Å². The molecular weight excluding hydrogens is 362 g/mol.